The van der Waals surface area contributed by atoms with Gasteiger partial charge in [0.05, 0.1) is 6.54 Å². The van der Waals surface area contributed by atoms with Crippen molar-refractivity contribution in [3.8, 4) is 0 Å². The Morgan fingerprint density at radius 3 is 2.75 bits per heavy atom. The van der Waals surface area contributed by atoms with Crippen molar-refractivity contribution < 1.29 is 19.1 Å². The van der Waals surface area contributed by atoms with Gasteiger partial charge in [-0.1, -0.05) is 19.1 Å². The molecular formula is C17H24FN3O3. The van der Waals surface area contributed by atoms with Gasteiger partial charge in [0.25, 0.3) is 0 Å². The molecule has 0 heterocycles. The van der Waals surface area contributed by atoms with Crippen molar-refractivity contribution in [3.63, 3.8) is 0 Å². The zero-order valence-electron chi connectivity index (χ0n) is 13.8. The molecule has 1 saturated carbocycles. The average molecular weight is 337 g/mol. The van der Waals surface area contributed by atoms with Gasteiger partial charge in [0.15, 0.2) is 0 Å². The van der Waals surface area contributed by atoms with E-state index in [4.69, 9.17) is 5.11 Å². The van der Waals surface area contributed by atoms with Crippen molar-refractivity contribution in [1.29, 1.82) is 0 Å². The first-order valence-corrected chi connectivity index (χ1v) is 8.22. The number of carbonyl (C=O) groups is 2. The first-order valence-electron chi connectivity index (χ1n) is 8.22. The zero-order chi connectivity index (χ0) is 17.5. The van der Waals surface area contributed by atoms with E-state index in [2.05, 4.69) is 10.6 Å². The Balaban J connectivity index is 1.63. The average Bonchev–Trinajstić information content (AvgIpc) is 2.48. The normalized spacial score (nSPS) is 19.6. The number of likely N-dealkylation sites (N-methyl/N-ethyl adjacent to an activating group) is 1. The lowest BCUT2D eigenvalue weighted by Crippen LogP contribution is -2.56. The molecule has 6 nitrogen and oxygen atoms in total. The first-order chi connectivity index (χ1) is 11.5. The number of urea groups is 1. The minimum Gasteiger partial charge on any atom is -0.480 e. The molecule has 0 spiro atoms. The number of nitrogens with one attached hydrogen (secondary N) is 2. The Bertz CT molecular complexity index is 576. The molecule has 1 aliphatic rings. The molecule has 0 bridgehead atoms. The van der Waals surface area contributed by atoms with E-state index in [-0.39, 0.29) is 30.5 Å². The molecule has 0 aromatic heterocycles. The number of carbonyl (C=O) groups excluding carboxylic acids is 1. The SMILES string of the molecule is CCN(CC(=O)O)C1CC(NC(=O)NCCc2cccc(F)c2)C1. The topological polar surface area (TPSA) is 81.7 Å². The lowest BCUT2D eigenvalue weighted by Gasteiger charge is -2.42. The van der Waals surface area contributed by atoms with Crippen LogP contribution in [0.2, 0.25) is 0 Å². The summed E-state index contributed by atoms with van der Waals surface area (Å²) >= 11 is 0. The van der Waals surface area contributed by atoms with E-state index >= 15 is 0 Å². The molecule has 1 aliphatic carbocycles. The number of benzene rings is 1. The molecule has 3 N–H and O–H groups in total. The Morgan fingerprint density at radius 2 is 2.12 bits per heavy atom. The molecule has 24 heavy (non-hydrogen) atoms. The lowest BCUT2D eigenvalue weighted by molar-refractivity contribution is -0.139. The van der Waals surface area contributed by atoms with E-state index in [0.717, 1.165) is 18.4 Å². The molecule has 132 valence electrons. The van der Waals surface area contributed by atoms with Crippen LogP contribution in [0.3, 0.4) is 0 Å². The third kappa shape index (κ3) is 5.49. The van der Waals surface area contributed by atoms with Gasteiger partial charge in [-0.05, 0) is 43.5 Å². The van der Waals surface area contributed by atoms with Crippen LogP contribution in [0, 0.1) is 5.82 Å². The second-order valence-electron chi connectivity index (χ2n) is 6.06. The third-order valence-corrected chi connectivity index (χ3v) is 4.30. The molecule has 1 aromatic carbocycles. The van der Waals surface area contributed by atoms with Crippen molar-refractivity contribution in [2.24, 2.45) is 0 Å². The summed E-state index contributed by atoms with van der Waals surface area (Å²) in [5.41, 5.74) is 0.839. The van der Waals surface area contributed by atoms with Gasteiger partial charge in [-0.15, -0.1) is 0 Å². The summed E-state index contributed by atoms with van der Waals surface area (Å²) in [6.07, 6.45) is 2.09. The van der Waals surface area contributed by atoms with Crippen molar-refractivity contribution >= 4 is 12.0 Å². The maximum absolute atomic E-state index is 13.0. The molecule has 0 saturated heterocycles. The molecule has 7 heteroatoms. The fourth-order valence-corrected chi connectivity index (χ4v) is 2.93. The highest BCUT2D eigenvalue weighted by Crippen LogP contribution is 2.25. The molecule has 2 amide bonds. The van der Waals surface area contributed by atoms with Crippen LogP contribution >= 0.6 is 0 Å². The fraction of sp³-hybridized carbons (Fsp3) is 0.529. The summed E-state index contributed by atoms with van der Waals surface area (Å²) in [6, 6.07) is 6.36. The molecule has 0 aliphatic heterocycles. The Labute approximate surface area is 141 Å². The van der Waals surface area contributed by atoms with Crippen LogP contribution in [0.25, 0.3) is 0 Å². The van der Waals surface area contributed by atoms with Gasteiger partial charge in [-0.3, -0.25) is 9.69 Å². The Morgan fingerprint density at radius 1 is 1.38 bits per heavy atom. The second kappa shape index (κ2) is 8.63. The predicted molar refractivity (Wildman–Crippen MR) is 88.3 cm³/mol. The maximum Gasteiger partial charge on any atom is 0.317 e. The highest BCUT2D eigenvalue weighted by Gasteiger charge is 2.34. The molecular weight excluding hydrogens is 313 g/mol. The van der Waals surface area contributed by atoms with Crippen LogP contribution in [-0.2, 0) is 11.2 Å². The number of carboxylic acids is 1. The van der Waals surface area contributed by atoms with Gasteiger partial charge in [0.1, 0.15) is 5.82 Å². The smallest absolute Gasteiger partial charge is 0.317 e. The van der Waals surface area contributed by atoms with Crippen LogP contribution in [0.5, 0.6) is 0 Å². The standard InChI is InChI=1S/C17H24FN3O3/c1-2-21(11-16(22)23)15-9-14(10-15)20-17(24)19-7-6-12-4-3-5-13(18)8-12/h3-5,8,14-15H,2,6-7,9-11H2,1H3,(H,22,23)(H2,19,20,24). The molecule has 0 atom stereocenters. The van der Waals surface area contributed by atoms with Gasteiger partial charge < -0.3 is 15.7 Å². The number of rotatable bonds is 8. The minimum atomic E-state index is -0.830. The van der Waals surface area contributed by atoms with E-state index in [0.29, 0.717) is 19.5 Å². The highest BCUT2D eigenvalue weighted by atomic mass is 19.1. The number of amides is 2. The van der Waals surface area contributed by atoms with Gasteiger partial charge in [-0.25, -0.2) is 9.18 Å². The van der Waals surface area contributed by atoms with E-state index in [1.54, 1.807) is 6.07 Å². The number of hydrogen-bond donors (Lipinski definition) is 3. The predicted octanol–water partition coefficient (Wildman–Crippen LogP) is 1.60. The van der Waals surface area contributed by atoms with Crippen molar-refractivity contribution in [3.05, 3.63) is 35.6 Å². The molecule has 1 fully saturated rings. The van der Waals surface area contributed by atoms with Crippen molar-refractivity contribution in [2.45, 2.75) is 38.3 Å². The van der Waals surface area contributed by atoms with Gasteiger partial charge in [0.2, 0.25) is 0 Å². The van der Waals surface area contributed by atoms with E-state index in [1.807, 2.05) is 17.9 Å². The fourth-order valence-electron chi connectivity index (χ4n) is 2.93. The van der Waals surface area contributed by atoms with Gasteiger partial charge in [0, 0.05) is 18.6 Å². The van der Waals surface area contributed by atoms with Crippen molar-refractivity contribution in [2.75, 3.05) is 19.6 Å². The second-order valence-corrected chi connectivity index (χ2v) is 6.06. The number of aliphatic carboxylic acids is 1. The third-order valence-electron chi connectivity index (χ3n) is 4.30. The largest absolute Gasteiger partial charge is 0.480 e. The summed E-state index contributed by atoms with van der Waals surface area (Å²) < 4.78 is 13.0. The van der Waals surface area contributed by atoms with Crippen LogP contribution < -0.4 is 10.6 Å². The number of nitrogens with zero attached hydrogens (tertiary/aromatic N) is 1. The quantitative estimate of drug-likeness (QED) is 0.673. The molecule has 0 unspecified atom stereocenters. The summed E-state index contributed by atoms with van der Waals surface area (Å²) in [7, 11) is 0. The monoisotopic (exact) mass is 337 g/mol. The summed E-state index contributed by atoms with van der Waals surface area (Å²) in [5.74, 6) is -1.11. The summed E-state index contributed by atoms with van der Waals surface area (Å²) in [5, 5.41) is 14.5. The Kier molecular flexibility index (Phi) is 6.54. The molecule has 2 rings (SSSR count). The van der Waals surface area contributed by atoms with Gasteiger partial charge >= 0.3 is 12.0 Å². The molecule has 0 radical (unpaired) electrons. The minimum absolute atomic E-state index is 0.0354. The molecule has 1 aromatic rings. The first kappa shape index (κ1) is 18.2. The van der Waals surface area contributed by atoms with E-state index in [1.165, 1.54) is 12.1 Å². The zero-order valence-corrected chi connectivity index (χ0v) is 13.8. The number of hydrogen-bond acceptors (Lipinski definition) is 3. The Hall–Kier alpha value is -2.15. The lowest BCUT2D eigenvalue weighted by atomic mass is 9.85. The summed E-state index contributed by atoms with van der Waals surface area (Å²) in [4.78, 5) is 24.5. The van der Waals surface area contributed by atoms with Crippen LogP contribution in [0.15, 0.2) is 24.3 Å². The van der Waals surface area contributed by atoms with E-state index < -0.39 is 5.97 Å². The van der Waals surface area contributed by atoms with Crippen LogP contribution in [-0.4, -0.2) is 53.7 Å². The summed E-state index contributed by atoms with van der Waals surface area (Å²) in [6.45, 7) is 3.09. The van der Waals surface area contributed by atoms with Crippen molar-refractivity contribution in [1.82, 2.24) is 15.5 Å². The van der Waals surface area contributed by atoms with Gasteiger partial charge in [-0.2, -0.15) is 0 Å². The number of halogens is 1. The van der Waals surface area contributed by atoms with Crippen LogP contribution in [0.4, 0.5) is 9.18 Å². The number of carboxylic acid groups (broad SMARTS) is 1. The highest BCUT2D eigenvalue weighted by molar-refractivity contribution is 5.74. The maximum atomic E-state index is 13.0. The van der Waals surface area contributed by atoms with Crippen LogP contribution in [0.1, 0.15) is 25.3 Å². The van der Waals surface area contributed by atoms with E-state index in [9.17, 15) is 14.0 Å².